The van der Waals surface area contributed by atoms with Crippen molar-refractivity contribution in [3.8, 4) is 5.75 Å². The maximum Gasteiger partial charge on any atom is 1.00 e. The fourth-order valence-corrected chi connectivity index (χ4v) is 1.85. The molecule has 0 saturated carbocycles. The molecule has 2 aromatic carbocycles. The number of azo groups is 1. The Hall–Kier alpha value is -0.580. The Balaban J connectivity index is 0.00000242. The summed E-state index contributed by atoms with van der Waals surface area (Å²) in [5.74, 6) is -1.94. The van der Waals surface area contributed by atoms with Gasteiger partial charge in [-0.15, -0.1) is 0 Å². The number of nitrogens with zero attached hydrogens (tertiary/aromatic N) is 2. The van der Waals surface area contributed by atoms with Gasteiger partial charge >= 0.3 is 59.1 Å². The zero-order valence-corrected chi connectivity index (χ0v) is 17.2. The Kier molecular flexibility index (Phi) is 10.1. The van der Waals surface area contributed by atoms with Crippen molar-refractivity contribution in [2.75, 3.05) is 0 Å². The van der Waals surface area contributed by atoms with Gasteiger partial charge in [-0.05, 0) is 53.5 Å². The Bertz CT molecular complexity index is 738. The molecule has 2 aromatic rings. The van der Waals surface area contributed by atoms with Crippen LogP contribution in [0, 0.1) is 0 Å². The average Bonchev–Trinajstić information content (AvgIpc) is 2.46. The first-order valence-corrected chi connectivity index (χ1v) is 6.70. The van der Waals surface area contributed by atoms with Crippen LogP contribution in [-0.2, 0) is 11.1 Å². The first kappa shape index (κ1) is 22.4. The smallest absolute Gasteiger partial charge is 0.768 e. The van der Waals surface area contributed by atoms with E-state index in [0.29, 0.717) is 5.69 Å². The van der Waals surface area contributed by atoms with Gasteiger partial charge in [-0.2, -0.15) is 10.2 Å². The average molecular weight is 350 g/mol. The van der Waals surface area contributed by atoms with Crippen LogP contribution in [0.1, 0.15) is 10.4 Å². The second-order valence-electron chi connectivity index (χ2n) is 3.92. The van der Waals surface area contributed by atoms with Gasteiger partial charge in [-0.1, -0.05) is 0 Å². The minimum Gasteiger partial charge on any atom is -0.768 e. The monoisotopic (exact) mass is 350 g/mol. The minimum absolute atomic E-state index is 0. The Morgan fingerprint density at radius 3 is 2.04 bits per heavy atom. The van der Waals surface area contributed by atoms with Crippen molar-refractivity contribution in [2.24, 2.45) is 10.2 Å². The normalized spacial score (nSPS) is 11.3. The van der Waals surface area contributed by atoms with E-state index in [0.717, 1.165) is 6.07 Å². The van der Waals surface area contributed by atoms with Crippen LogP contribution in [0.5, 0.6) is 5.75 Å². The van der Waals surface area contributed by atoms with Crippen molar-refractivity contribution in [3.05, 3.63) is 48.0 Å². The molecule has 0 aliphatic carbocycles. The third-order valence-corrected chi connectivity index (χ3v) is 3.17. The van der Waals surface area contributed by atoms with Gasteiger partial charge in [0.15, 0.2) is 0 Å². The maximum absolute atomic E-state index is 10.7. The first-order chi connectivity index (χ1) is 9.97. The number of rotatable bonds is 4. The number of carboxylic acid groups (broad SMARTS) is 1. The summed E-state index contributed by atoms with van der Waals surface area (Å²) in [4.78, 5) is 10.9. The summed E-state index contributed by atoms with van der Waals surface area (Å²) in [5, 5.41) is 27.7. The molecule has 10 heteroatoms. The Morgan fingerprint density at radius 1 is 1.00 bits per heavy atom. The molecule has 1 unspecified atom stereocenters. The van der Waals surface area contributed by atoms with Crippen molar-refractivity contribution in [1.29, 1.82) is 0 Å². The zero-order chi connectivity index (χ0) is 15.4. The van der Waals surface area contributed by atoms with Gasteiger partial charge in [0.05, 0.1) is 17.3 Å². The molecule has 0 aliphatic rings. The topological polar surface area (TPSA) is 125 Å². The molecule has 108 valence electrons. The van der Waals surface area contributed by atoms with Crippen LogP contribution >= 0.6 is 0 Å². The van der Waals surface area contributed by atoms with Crippen molar-refractivity contribution in [1.82, 2.24) is 0 Å². The van der Waals surface area contributed by atoms with Crippen molar-refractivity contribution < 1.29 is 82.9 Å². The predicted molar refractivity (Wildman–Crippen MR) is 70.2 cm³/mol. The van der Waals surface area contributed by atoms with Crippen LogP contribution in [0.2, 0.25) is 0 Å². The van der Waals surface area contributed by atoms with E-state index in [-0.39, 0.29) is 75.3 Å². The minimum atomic E-state index is -2.31. The second-order valence-corrected chi connectivity index (χ2v) is 4.86. The second kappa shape index (κ2) is 10.3. The Morgan fingerprint density at radius 2 is 1.52 bits per heavy atom. The third kappa shape index (κ3) is 6.44. The van der Waals surface area contributed by atoms with E-state index in [9.17, 15) is 23.8 Å². The number of carbonyl (C=O) groups excluding carboxylic acids is 1. The largest absolute Gasteiger partial charge is 1.00 e. The van der Waals surface area contributed by atoms with E-state index < -0.39 is 22.8 Å². The van der Waals surface area contributed by atoms with Gasteiger partial charge in [0.1, 0.15) is 5.75 Å². The van der Waals surface area contributed by atoms with Gasteiger partial charge in [0.25, 0.3) is 0 Å². The summed E-state index contributed by atoms with van der Waals surface area (Å²) in [5.41, 5.74) is 0.222. The van der Waals surface area contributed by atoms with E-state index in [1.54, 1.807) is 0 Å². The van der Waals surface area contributed by atoms with Crippen LogP contribution in [0.3, 0.4) is 0 Å². The number of hydrogen-bond donors (Lipinski definition) is 1. The summed E-state index contributed by atoms with van der Waals surface area (Å²) in [7, 11) is 0. The molecular weight excluding hydrogens is 342 g/mol. The summed E-state index contributed by atoms with van der Waals surface area (Å²) in [6.45, 7) is 0. The van der Waals surface area contributed by atoms with Gasteiger partial charge in [-0.25, -0.2) is 0 Å². The number of hydrogen-bond acceptors (Lipinski definition) is 7. The van der Waals surface area contributed by atoms with Crippen LogP contribution < -0.4 is 64.2 Å². The number of carbonyl (C=O) groups is 1. The fourth-order valence-electron chi connectivity index (χ4n) is 1.49. The number of aromatic hydroxyl groups is 1. The molecule has 0 radical (unpaired) electrons. The summed E-state index contributed by atoms with van der Waals surface area (Å²) < 4.78 is 21.4. The van der Waals surface area contributed by atoms with Crippen molar-refractivity contribution >= 4 is 28.4 Å². The van der Waals surface area contributed by atoms with E-state index in [2.05, 4.69) is 10.2 Å². The van der Waals surface area contributed by atoms with E-state index in [1.807, 2.05) is 0 Å². The van der Waals surface area contributed by atoms with Gasteiger partial charge in [-0.3, -0.25) is 4.21 Å². The molecule has 1 atom stereocenters. The van der Waals surface area contributed by atoms with E-state index in [4.69, 9.17) is 0 Å². The standard InChI is InChI=1S/C13H10N2O5S.2Na/c16-12-6-3-9(7-11(12)13(17)18)15-14-8-1-4-10(5-2-8)21(19)20;;/h1-7,16H,(H,17,18)(H,19,20);;/q;2*+1/p-2. The quantitative estimate of drug-likeness (QED) is 0.338. The summed E-state index contributed by atoms with van der Waals surface area (Å²) in [6.07, 6.45) is 0. The summed E-state index contributed by atoms with van der Waals surface area (Å²) in [6, 6.07) is 9.30. The molecule has 0 aliphatic heterocycles. The van der Waals surface area contributed by atoms with Crippen LogP contribution in [-0.4, -0.2) is 19.8 Å². The molecule has 0 amide bonds. The third-order valence-electron chi connectivity index (χ3n) is 2.51. The molecule has 0 spiro atoms. The first-order valence-electron chi connectivity index (χ1n) is 5.63. The van der Waals surface area contributed by atoms with Gasteiger partial charge < -0.3 is 19.6 Å². The molecular formula is C13H8N2Na2O5S. The molecule has 0 aromatic heterocycles. The molecule has 23 heavy (non-hydrogen) atoms. The number of phenols is 1. The van der Waals surface area contributed by atoms with Crippen molar-refractivity contribution in [2.45, 2.75) is 4.90 Å². The van der Waals surface area contributed by atoms with Crippen LogP contribution in [0.4, 0.5) is 11.4 Å². The Labute approximate surface area is 178 Å². The predicted octanol–water partition coefficient (Wildman–Crippen LogP) is -4.58. The number of aromatic carboxylic acids is 1. The van der Waals surface area contributed by atoms with Crippen molar-refractivity contribution in [3.63, 3.8) is 0 Å². The number of carboxylic acids is 1. The van der Waals surface area contributed by atoms with E-state index in [1.165, 1.54) is 36.4 Å². The van der Waals surface area contributed by atoms with E-state index >= 15 is 0 Å². The maximum atomic E-state index is 10.7. The van der Waals surface area contributed by atoms with Gasteiger partial charge in [0, 0.05) is 10.5 Å². The summed E-state index contributed by atoms with van der Waals surface area (Å²) >= 11 is -2.31. The fraction of sp³-hybridized carbons (Fsp3) is 0. The molecule has 0 saturated heterocycles. The van der Waals surface area contributed by atoms with Crippen LogP contribution in [0.25, 0.3) is 0 Å². The number of benzene rings is 2. The molecule has 0 heterocycles. The molecule has 0 fully saturated rings. The van der Waals surface area contributed by atoms with Crippen LogP contribution in [0.15, 0.2) is 57.6 Å². The molecule has 1 N–H and O–H groups in total. The van der Waals surface area contributed by atoms with Gasteiger partial charge in [0.2, 0.25) is 0 Å². The molecule has 7 nitrogen and oxygen atoms in total. The SMILES string of the molecule is O=C([O-])c1cc(N=Nc2ccc(S(=O)[O-])cc2)ccc1O.[Na+].[Na+]. The molecule has 0 bridgehead atoms. The molecule has 2 rings (SSSR count). The zero-order valence-electron chi connectivity index (χ0n) is 12.4.